The van der Waals surface area contributed by atoms with E-state index in [1.165, 1.54) is 11.0 Å². The fourth-order valence-electron chi connectivity index (χ4n) is 3.57. The summed E-state index contributed by atoms with van der Waals surface area (Å²) in [5.41, 5.74) is 1.58. The van der Waals surface area contributed by atoms with Gasteiger partial charge >= 0.3 is 6.09 Å². The summed E-state index contributed by atoms with van der Waals surface area (Å²) < 4.78 is 31.0. The first-order valence-corrected chi connectivity index (χ1v) is 9.51. The molecule has 0 saturated carbocycles. The van der Waals surface area contributed by atoms with Crippen LogP contribution in [-0.2, 0) is 17.8 Å². The first-order chi connectivity index (χ1) is 11.6. The standard InChI is InChI=1S/C18H23FN2O3S/c1-17(2,3)25(24)20-15-12-5-4-6-14(19)13(12)11-18(15)7-9-21(10-8-18)16(22)23/h4-6H,7-11H2,1-3H3,(H,22,23). The zero-order chi connectivity index (χ0) is 18.4. The van der Waals surface area contributed by atoms with Gasteiger partial charge in [0, 0.05) is 24.1 Å². The van der Waals surface area contributed by atoms with Gasteiger partial charge in [0.2, 0.25) is 0 Å². The Bertz CT molecular complexity index is 722. The Hall–Kier alpha value is -1.60. The van der Waals surface area contributed by atoms with E-state index in [1.807, 2.05) is 26.8 Å². The number of hydrogen-bond donors (Lipinski definition) is 1. The van der Waals surface area contributed by atoms with Crippen LogP contribution in [0.4, 0.5) is 9.18 Å². The Morgan fingerprint density at radius 3 is 2.56 bits per heavy atom. The smallest absolute Gasteiger partial charge is 0.407 e. The Labute approximate surface area is 150 Å². The van der Waals surface area contributed by atoms with Crippen LogP contribution in [0.2, 0.25) is 0 Å². The number of amides is 1. The number of halogens is 1. The van der Waals surface area contributed by atoms with Gasteiger partial charge in [0.1, 0.15) is 27.6 Å². The van der Waals surface area contributed by atoms with Crippen molar-refractivity contribution < 1.29 is 18.8 Å². The largest absolute Gasteiger partial charge is 0.591 e. The van der Waals surface area contributed by atoms with Gasteiger partial charge < -0.3 is 14.6 Å². The zero-order valence-corrected chi connectivity index (χ0v) is 15.5. The summed E-state index contributed by atoms with van der Waals surface area (Å²) in [5, 5.41) is 9.19. The lowest BCUT2D eigenvalue weighted by molar-refractivity contribution is 0.114. The van der Waals surface area contributed by atoms with E-state index in [9.17, 15) is 18.8 Å². The molecule has 5 nitrogen and oxygen atoms in total. The molecule has 25 heavy (non-hydrogen) atoms. The van der Waals surface area contributed by atoms with Gasteiger partial charge in [-0.15, -0.1) is 0 Å². The molecule has 2 aliphatic rings. The molecule has 1 spiro atoms. The molecule has 0 bridgehead atoms. The Balaban J connectivity index is 2.02. The molecular weight excluding hydrogens is 343 g/mol. The first-order valence-electron chi connectivity index (χ1n) is 8.41. The summed E-state index contributed by atoms with van der Waals surface area (Å²) in [6.45, 7) is 6.33. The van der Waals surface area contributed by atoms with E-state index in [2.05, 4.69) is 4.40 Å². The number of nitrogens with zero attached hydrogens (tertiary/aromatic N) is 2. The second-order valence-electron chi connectivity index (χ2n) is 7.79. The SMILES string of the molecule is CC(C)(C)[S+]([O-])N=C1c2cccc(F)c2CC12CCN(C(=O)O)CC2. The molecule has 1 amide bonds. The number of likely N-dealkylation sites (tertiary alicyclic amines) is 1. The van der Waals surface area contributed by atoms with E-state index < -0.39 is 27.6 Å². The highest BCUT2D eigenvalue weighted by Crippen LogP contribution is 2.46. The Morgan fingerprint density at radius 2 is 2.00 bits per heavy atom. The minimum atomic E-state index is -1.45. The number of benzene rings is 1. The third kappa shape index (κ3) is 3.27. The van der Waals surface area contributed by atoms with E-state index in [-0.39, 0.29) is 5.82 Å². The molecule has 1 aromatic rings. The van der Waals surface area contributed by atoms with Crippen molar-refractivity contribution in [1.82, 2.24) is 4.90 Å². The number of fused-ring (bicyclic) bond motifs is 1. The van der Waals surface area contributed by atoms with Gasteiger partial charge in [-0.05, 0) is 51.7 Å². The summed E-state index contributed by atoms with van der Waals surface area (Å²) in [6, 6.07) is 4.91. The molecule has 1 heterocycles. The van der Waals surface area contributed by atoms with Crippen molar-refractivity contribution >= 4 is 23.2 Å². The number of carboxylic acid groups (broad SMARTS) is 1. The molecule has 1 aliphatic carbocycles. The van der Waals surface area contributed by atoms with Gasteiger partial charge in [-0.3, -0.25) is 0 Å². The highest BCUT2D eigenvalue weighted by Gasteiger charge is 2.48. The summed E-state index contributed by atoms with van der Waals surface area (Å²) in [4.78, 5) is 12.6. The molecule has 1 fully saturated rings. The number of hydrogen-bond acceptors (Lipinski definition) is 3. The van der Waals surface area contributed by atoms with Gasteiger partial charge in [-0.2, -0.15) is 0 Å². The minimum Gasteiger partial charge on any atom is -0.591 e. The predicted molar refractivity (Wildman–Crippen MR) is 95.8 cm³/mol. The highest BCUT2D eigenvalue weighted by molar-refractivity contribution is 7.91. The van der Waals surface area contributed by atoms with Crippen LogP contribution in [0.1, 0.15) is 44.7 Å². The van der Waals surface area contributed by atoms with E-state index in [1.54, 1.807) is 6.07 Å². The lowest BCUT2D eigenvalue weighted by Gasteiger charge is -2.38. The van der Waals surface area contributed by atoms with Crippen LogP contribution in [0.15, 0.2) is 22.6 Å². The first kappa shape index (κ1) is 18.2. The Kier molecular flexibility index (Phi) is 4.58. The molecule has 1 aliphatic heterocycles. The molecule has 1 N–H and O–H groups in total. The maximum atomic E-state index is 14.3. The summed E-state index contributed by atoms with van der Waals surface area (Å²) >= 11 is -1.45. The van der Waals surface area contributed by atoms with Crippen LogP contribution in [0.25, 0.3) is 0 Å². The molecule has 1 aromatic carbocycles. The lowest BCUT2D eigenvalue weighted by Crippen LogP contribution is -2.45. The van der Waals surface area contributed by atoms with Crippen molar-refractivity contribution in [3.8, 4) is 0 Å². The molecule has 136 valence electrons. The van der Waals surface area contributed by atoms with Crippen LogP contribution in [0, 0.1) is 11.2 Å². The topological polar surface area (TPSA) is 76.0 Å². The normalized spacial score (nSPS) is 22.3. The molecule has 1 atom stereocenters. The van der Waals surface area contributed by atoms with Crippen molar-refractivity contribution in [1.29, 1.82) is 0 Å². The predicted octanol–water partition coefficient (Wildman–Crippen LogP) is 3.39. The van der Waals surface area contributed by atoms with Crippen LogP contribution >= 0.6 is 0 Å². The van der Waals surface area contributed by atoms with Crippen molar-refractivity contribution in [3.05, 3.63) is 35.1 Å². The van der Waals surface area contributed by atoms with Crippen molar-refractivity contribution in [2.24, 2.45) is 9.81 Å². The van der Waals surface area contributed by atoms with Gasteiger partial charge in [-0.25, -0.2) is 9.18 Å². The van der Waals surface area contributed by atoms with Gasteiger partial charge in [-0.1, -0.05) is 16.5 Å². The van der Waals surface area contributed by atoms with Crippen LogP contribution in [0.3, 0.4) is 0 Å². The van der Waals surface area contributed by atoms with E-state index >= 15 is 0 Å². The van der Waals surface area contributed by atoms with Crippen LogP contribution in [0.5, 0.6) is 0 Å². The molecule has 0 radical (unpaired) electrons. The fourth-order valence-corrected chi connectivity index (χ4v) is 4.31. The molecule has 1 unspecified atom stereocenters. The van der Waals surface area contributed by atoms with Crippen LogP contribution < -0.4 is 0 Å². The summed E-state index contributed by atoms with van der Waals surface area (Å²) in [6.07, 6.45) is 0.678. The monoisotopic (exact) mass is 366 g/mol. The molecule has 3 rings (SSSR count). The third-order valence-corrected chi connectivity index (χ3v) is 6.48. The molecular formula is C18H23FN2O3S. The molecule has 7 heteroatoms. The van der Waals surface area contributed by atoms with Gasteiger partial charge in [0.05, 0.1) is 0 Å². The maximum Gasteiger partial charge on any atom is 0.407 e. The number of piperidine rings is 1. The second-order valence-corrected chi connectivity index (χ2v) is 9.70. The van der Waals surface area contributed by atoms with Crippen molar-refractivity contribution in [2.75, 3.05) is 13.1 Å². The summed E-state index contributed by atoms with van der Waals surface area (Å²) in [7, 11) is 0. The third-order valence-electron chi connectivity index (χ3n) is 5.08. The van der Waals surface area contributed by atoms with Crippen LogP contribution in [-0.4, -0.2) is 44.2 Å². The Morgan fingerprint density at radius 1 is 1.36 bits per heavy atom. The van der Waals surface area contributed by atoms with Crippen molar-refractivity contribution in [2.45, 2.75) is 44.8 Å². The zero-order valence-electron chi connectivity index (χ0n) is 14.7. The van der Waals surface area contributed by atoms with E-state index in [0.29, 0.717) is 43.6 Å². The average Bonchev–Trinajstić information content (AvgIpc) is 2.82. The minimum absolute atomic E-state index is 0.274. The van der Waals surface area contributed by atoms with E-state index in [4.69, 9.17) is 0 Å². The lowest BCUT2D eigenvalue weighted by atomic mass is 9.74. The second kappa shape index (κ2) is 6.29. The molecule has 0 aromatic heterocycles. The van der Waals surface area contributed by atoms with E-state index in [0.717, 1.165) is 5.56 Å². The number of carbonyl (C=O) groups is 1. The highest BCUT2D eigenvalue weighted by atomic mass is 32.2. The average molecular weight is 366 g/mol. The maximum absolute atomic E-state index is 14.3. The molecule has 1 saturated heterocycles. The van der Waals surface area contributed by atoms with Gasteiger partial charge in [0.15, 0.2) is 0 Å². The fraction of sp³-hybridized carbons (Fsp3) is 0.556. The quantitative estimate of drug-likeness (QED) is 0.774. The van der Waals surface area contributed by atoms with Crippen molar-refractivity contribution in [3.63, 3.8) is 0 Å². The van der Waals surface area contributed by atoms with Gasteiger partial charge in [0.25, 0.3) is 0 Å². The summed E-state index contributed by atoms with van der Waals surface area (Å²) in [5.74, 6) is -0.274. The number of rotatable bonds is 1.